The molecule has 0 bridgehead atoms. The molecule has 0 aromatic heterocycles. The Hall–Kier alpha value is 0.170. The summed E-state index contributed by atoms with van der Waals surface area (Å²) in [5.74, 6) is 0. The van der Waals surface area contributed by atoms with Crippen LogP contribution in [0.25, 0.3) is 0 Å². The molecule has 1 nitrogen and oxygen atoms in total. The molecule has 1 aliphatic heterocycles. The summed E-state index contributed by atoms with van der Waals surface area (Å²) >= 11 is 15.8. The third-order valence-electron chi connectivity index (χ3n) is 2.47. The van der Waals surface area contributed by atoms with Crippen molar-refractivity contribution in [3.05, 3.63) is 21.7 Å². The molecule has 1 unspecified atom stereocenters. The van der Waals surface area contributed by atoms with E-state index in [9.17, 15) is 0 Å². The van der Waals surface area contributed by atoms with Gasteiger partial charge < -0.3 is 0 Å². The lowest BCUT2D eigenvalue weighted by Crippen LogP contribution is -2.12. The van der Waals surface area contributed by atoms with E-state index in [1.807, 2.05) is 19.2 Å². The quantitative estimate of drug-likeness (QED) is 0.652. The maximum Gasteiger partial charge on any atom is 0.0965 e. The van der Waals surface area contributed by atoms with E-state index in [1.165, 1.54) is 0 Å². The van der Waals surface area contributed by atoms with Crippen LogP contribution in [0.4, 0.5) is 5.69 Å². The molecular formula is C11H11Cl2NS2. The lowest BCUT2D eigenvalue weighted by atomic mass is 10.2. The SMILES string of the molecule is CSC1=Nc2c(cc(Cl)c(C)c2Cl)SC1C. The van der Waals surface area contributed by atoms with E-state index in [0.29, 0.717) is 15.3 Å². The molecule has 0 amide bonds. The first-order valence-electron chi connectivity index (χ1n) is 4.82. The van der Waals surface area contributed by atoms with Crippen molar-refractivity contribution in [2.75, 3.05) is 6.26 Å². The Labute approximate surface area is 114 Å². The summed E-state index contributed by atoms with van der Waals surface area (Å²) in [7, 11) is 0. The molecule has 1 atom stereocenters. The smallest absolute Gasteiger partial charge is 0.0965 e. The van der Waals surface area contributed by atoms with Gasteiger partial charge in [0.1, 0.15) is 0 Å². The van der Waals surface area contributed by atoms with Crippen LogP contribution in [0.5, 0.6) is 0 Å². The topological polar surface area (TPSA) is 12.4 Å². The lowest BCUT2D eigenvalue weighted by Gasteiger charge is -2.21. The molecule has 1 aromatic carbocycles. The van der Waals surface area contributed by atoms with Gasteiger partial charge in [-0.3, -0.25) is 0 Å². The maximum absolute atomic E-state index is 6.27. The highest BCUT2D eigenvalue weighted by atomic mass is 35.5. The fraction of sp³-hybridized carbons (Fsp3) is 0.364. The summed E-state index contributed by atoms with van der Waals surface area (Å²) in [4.78, 5) is 5.69. The van der Waals surface area contributed by atoms with E-state index in [1.54, 1.807) is 23.5 Å². The molecule has 0 saturated heterocycles. The highest BCUT2D eigenvalue weighted by molar-refractivity contribution is 8.16. The van der Waals surface area contributed by atoms with E-state index in [4.69, 9.17) is 23.2 Å². The van der Waals surface area contributed by atoms with Crippen molar-refractivity contribution in [1.82, 2.24) is 0 Å². The Bertz CT molecular complexity index is 472. The van der Waals surface area contributed by atoms with Gasteiger partial charge in [-0.25, -0.2) is 4.99 Å². The van der Waals surface area contributed by atoms with Crippen LogP contribution < -0.4 is 0 Å². The second-order valence-corrected chi connectivity index (χ2v) is 6.55. The number of fused-ring (bicyclic) bond motifs is 1. The predicted molar refractivity (Wildman–Crippen MR) is 77.1 cm³/mol. The van der Waals surface area contributed by atoms with Crippen molar-refractivity contribution in [3.63, 3.8) is 0 Å². The Morgan fingerprint density at radius 1 is 1.44 bits per heavy atom. The monoisotopic (exact) mass is 291 g/mol. The van der Waals surface area contributed by atoms with Crippen molar-refractivity contribution in [2.45, 2.75) is 24.0 Å². The van der Waals surface area contributed by atoms with Crippen molar-refractivity contribution in [2.24, 2.45) is 4.99 Å². The molecule has 5 heteroatoms. The molecule has 0 fully saturated rings. The molecule has 0 radical (unpaired) electrons. The van der Waals surface area contributed by atoms with Crippen molar-refractivity contribution >= 4 is 57.5 Å². The first kappa shape index (κ1) is 12.6. The first-order valence-corrected chi connectivity index (χ1v) is 7.68. The number of aliphatic imine (C=N–C) groups is 1. The number of nitrogens with zero attached hydrogens (tertiary/aromatic N) is 1. The standard InChI is InChI=1S/C11H11Cl2NS2/c1-5-7(12)4-8-10(9(5)13)14-11(15-3)6(2)16-8/h4,6H,1-3H3. The fourth-order valence-corrected chi connectivity index (χ4v) is 4.08. The minimum absolute atomic E-state index is 0.373. The van der Waals surface area contributed by atoms with Crippen molar-refractivity contribution in [3.8, 4) is 0 Å². The number of rotatable bonds is 0. The van der Waals surface area contributed by atoms with E-state index < -0.39 is 0 Å². The highest BCUT2D eigenvalue weighted by Crippen LogP contribution is 2.46. The second kappa shape index (κ2) is 4.81. The molecule has 0 N–H and O–H groups in total. The van der Waals surface area contributed by atoms with Gasteiger partial charge in [0.25, 0.3) is 0 Å². The lowest BCUT2D eigenvalue weighted by molar-refractivity contribution is 1.24. The molecule has 0 spiro atoms. The van der Waals surface area contributed by atoms with Gasteiger partial charge >= 0.3 is 0 Å². The minimum atomic E-state index is 0.373. The van der Waals surface area contributed by atoms with Gasteiger partial charge in [0.2, 0.25) is 0 Å². The van der Waals surface area contributed by atoms with Crippen molar-refractivity contribution in [1.29, 1.82) is 0 Å². The third kappa shape index (κ3) is 2.10. The summed E-state index contributed by atoms with van der Waals surface area (Å²) in [6, 6.07) is 1.96. The summed E-state index contributed by atoms with van der Waals surface area (Å²) in [6.45, 7) is 4.06. The number of hydrogen-bond acceptors (Lipinski definition) is 3. The average molecular weight is 292 g/mol. The van der Waals surface area contributed by atoms with Crippen LogP contribution in [0, 0.1) is 6.92 Å². The highest BCUT2D eigenvalue weighted by Gasteiger charge is 2.23. The molecular weight excluding hydrogens is 281 g/mol. The Kier molecular flexibility index (Phi) is 3.79. The Morgan fingerprint density at radius 2 is 2.12 bits per heavy atom. The van der Waals surface area contributed by atoms with E-state index in [2.05, 4.69) is 11.9 Å². The summed E-state index contributed by atoms with van der Waals surface area (Å²) in [5, 5.41) is 2.87. The summed E-state index contributed by atoms with van der Waals surface area (Å²) < 4.78 is 0. The molecule has 0 saturated carbocycles. The van der Waals surface area contributed by atoms with Crippen LogP contribution >= 0.6 is 46.7 Å². The Balaban J connectivity index is 2.62. The van der Waals surface area contributed by atoms with Crippen molar-refractivity contribution < 1.29 is 0 Å². The van der Waals surface area contributed by atoms with Crippen LogP contribution in [0.2, 0.25) is 10.0 Å². The number of benzene rings is 1. The zero-order valence-electron chi connectivity index (χ0n) is 9.17. The number of hydrogen-bond donors (Lipinski definition) is 0. The number of halogens is 2. The van der Waals surface area contributed by atoms with Gasteiger partial charge in [-0.15, -0.1) is 23.5 Å². The maximum atomic E-state index is 6.27. The molecule has 0 aliphatic carbocycles. The van der Waals surface area contributed by atoms with Crippen LogP contribution in [0.15, 0.2) is 16.0 Å². The van der Waals surface area contributed by atoms with Gasteiger partial charge in [0, 0.05) is 9.92 Å². The molecule has 2 rings (SSSR count). The zero-order valence-corrected chi connectivity index (χ0v) is 12.3. The van der Waals surface area contributed by atoms with Gasteiger partial charge in [0.05, 0.1) is 21.0 Å². The van der Waals surface area contributed by atoms with Crippen LogP contribution in [-0.2, 0) is 0 Å². The molecule has 1 heterocycles. The van der Waals surface area contributed by atoms with Crippen LogP contribution in [0.1, 0.15) is 12.5 Å². The number of thioether (sulfide) groups is 2. The normalized spacial score (nSPS) is 19.3. The fourth-order valence-electron chi connectivity index (χ4n) is 1.53. The van der Waals surface area contributed by atoms with E-state index >= 15 is 0 Å². The van der Waals surface area contributed by atoms with Gasteiger partial charge in [-0.1, -0.05) is 23.2 Å². The first-order chi connectivity index (χ1) is 7.54. The van der Waals surface area contributed by atoms with E-state index in [0.717, 1.165) is 21.2 Å². The Morgan fingerprint density at radius 3 is 2.75 bits per heavy atom. The molecule has 16 heavy (non-hydrogen) atoms. The zero-order chi connectivity index (χ0) is 11.9. The third-order valence-corrected chi connectivity index (χ3v) is 5.48. The minimum Gasteiger partial charge on any atom is -0.243 e. The largest absolute Gasteiger partial charge is 0.243 e. The molecule has 1 aliphatic rings. The van der Waals surface area contributed by atoms with Gasteiger partial charge in [-0.2, -0.15) is 0 Å². The van der Waals surface area contributed by atoms with Crippen LogP contribution in [0.3, 0.4) is 0 Å². The van der Waals surface area contributed by atoms with Gasteiger partial charge in [0.15, 0.2) is 0 Å². The second-order valence-electron chi connectivity index (χ2n) is 3.56. The average Bonchev–Trinajstić information content (AvgIpc) is 2.26. The molecule has 86 valence electrons. The predicted octanol–water partition coefficient (Wildman–Crippen LogP) is 5.19. The summed E-state index contributed by atoms with van der Waals surface area (Å²) in [6.07, 6.45) is 2.04. The molecule has 1 aromatic rings. The van der Waals surface area contributed by atoms with Gasteiger partial charge in [-0.05, 0) is 31.7 Å². The van der Waals surface area contributed by atoms with E-state index in [-0.39, 0.29) is 0 Å². The van der Waals surface area contributed by atoms with Crippen LogP contribution in [-0.4, -0.2) is 16.5 Å². The summed E-state index contributed by atoms with van der Waals surface area (Å²) in [5.41, 5.74) is 1.78.